The van der Waals surface area contributed by atoms with Gasteiger partial charge in [0.2, 0.25) is 0 Å². The first-order chi connectivity index (χ1) is 8.67. The minimum atomic E-state index is 0.445. The van der Waals surface area contributed by atoms with Gasteiger partial charge in [0.25, 0.3) is 0 Å². The molecule has 0 spiro atoms. The molecule has 0 saturated carbocycles. The predicted octanol–water partition coefficient (Wildman–Crippen LogP) is 3.69. The lowest BCUT2D eigenvalue weighted by atomic mass is 9.91. The SMILES string of the molecule is CCCNC(c1cc(C)nn1CC)C(CC)CC. The Bertz CT molecular complexity index is 340. The molecule has 1 aromatic heterocycles. The Balaban J connectivity index is 2.99. The summed E-state index contributed by atoms with van der Waals surface area (Å²) in [6.07, 6.45) is 3.60. The van der Waals surface area contributed by atoms with Crippen molar-refractivity contribution in [2.75, 3.05) is 6.54 Å². The average Bonchev–Trinajstić information content (AvgIpc) is 2.75. The lowest BCUT2D eigenvalue weighted by Crippen LogP contribution is -2.30. The molecule has 0 aliphatic heterocycles. The Morgan fingerprint density at radius 2 is 1.89 bits per heavy atom. The summed E-state index contributed by atoms with van der Waals surface area (Å²) in [5, 5.41) is 8.30. The highest BCUT2D eigenvalue weighted by molar-refractivity contribution is 5.14. The van der Waals surface area contributed by atoms with Crippen LogP contribution < -0.4 is 5.32 Å². The zero-order chi connectivity index (χ0) is 13.5. The molecular weight excluding hydrogens is 222 g/mol. The lowest BCUT2D eigenvalue weighted by molar-refractivity contribution is 0.323. The van der Waals surface area contributed by atoms with E-state index in [9.17, 15) is 0 Å². The highest BCUT2D eigenvalue weighted by Crippen LogP contribution is 2.28. The summed E-state index contributed by atoms with van der Waals surface area (Å²) in [6.45, 7) is 13.1. The molecule has 1 unspecified atom stereocenters. The maximum atomic E-state index is 4.59. The molecule has 3 nitrogen and oxygen atoms in total. The Morgan fingerprint density at radius 3 is 2.39 bits per heavy atom. The first-order valence-electron chi connectivity index (χ1n) is 7.45. The van der Waals surface area contributed by atoms with Crippen LogP contribution in [0.1, 0.15) is 64.4 Å². The van der Waals surface area contributed by atoms with Gasteiger partial charge in [0.05, 0.1) is 17.4 Å². The third-order valence-corrected chi connectivity index (χ3v) is 3.69. The molecule has 1 rings (SSSR count). The zero-order valence-electron chi connectivity index (χ0n) is 12.7. The molecule has 104 valence electrons. The predicted molar refractivity (Wildman–Crippen MR) is 77.7 cm³/mol. The number of nitrogens with one attached hydrogen (secondary N) is 1. The molecule has 0 aliphatic rings. The van der Waals surface area contributed by atoms with Crippen molar-refractivity contribution < 1.29 is 0 Å². The van der Waals surface area contributed by atoms with E-state index < -0.39 is 0 Å². The van der Waals surface area contributed by atoms with Crippen LogP contribution in [0.25, 0.3) is 0 Å². The fourth-order valence-corrected chi connectivity index (χ4v) is 2.64. The van der Waals surface area contributed by atoms with Crippen molar-refractivity contribution in [3.63, 3.8) is 0 Å². The minimum absolute atomic E-state index is 0.445. The largest absolute Gasteiger partial charge is 0.308 e. The van der Waals surface area contributed by atoms with E-state index in [0.29, 0.717) is 12.0 Å². The zero-order valence-corrected chi connectivity index (χ0v) is 12.7. The Hall–Kier alpha value is -0.830. The summed E-state index contributed by atoms with van der Waals surface area (Å²) in [7, 11) is 0. The topological polar surface area (TPSA) is 29.9 Å². The summed E-state index contributed by atoms with van der Waals surface area (Å²) in [5.74, 6) is 0.693. The van der Waals surface area contributed by atoms with Gasteiger partial charge in [-0.25, -0.2) is 0 Å². The maximum Gasteiger partial charge on any atom is 0.0597 e. The molecule has 0 bridgehead atoms. The van der Waals surface area contributed by atoms with Crippen molar-refractivity contribution >= 4 is 0 Å². The van der Waals surface area contributed by atoms with Crippen LogP contribution in [0.4, 0.5) is 0 Å². The summed E-state index contributed by atoms with van der Waals surface area (Å²) in [6, 6.07) is 2.69. The van der Waals surface area contributed by atoms with E-state index in [0.717, 1.165) is 18.8 Å². The van der Waals surface area contributed by atoms with Crippen molar-refractivity contribution in [2.45, 2.75) is 66.5 Å². The second-order valence-electron chi connectivity index (χ2n) is 5.03. The molecule has 18 heavy (non-hydrogen) atoms. The van der Waals surface area contributed by atoms with Crippen LogP contribution in [-0.4, -0.2) is 16.3 Å². The van der Waals surface area contributed by atoms with Crippen LogP contribution in [0.3, 0.4) is 0 Å². The van der Waals surface area contributed by atoms with Crippen molar-refractivity contribution in [3.05, 3.63) is 17.5 Å². The molecule has 0 saturated heterocycles. The highest BCUT2D eigenvalue weighted by Gasteiger charge is 2.23. The van der Waals surface area contributed by atoms with E-state index in [2.05, 4.69) is 55.8 Å². The highest BCUT2D eigenvalue weighted by atomic mass is 15.3. The van der Waals surface area contributed by atoms with Gasteiger partial charge >= 0.3 is 0 Å². The molecule has 3 heteroatoms. The van der Waals surface area contributed by atoms with Gasteiger partial charge in [0, 0.05) is 6.54 Å². The van der Waals surface area contributed by atoms with Gasteiger partial charge in [-0.1, -0.05) is 33.6 Å². The van der Waals surface area contributed by atoms with Gasteiger partial charge in [-0.15, -0.1) is 0 Å². The van der Waals surface area contributed by atoms with E-state index in [1.165, 1.54) is 25.0 Å². The molecule has 1 N–H and O–H groups in total. The number of rotatable bonds is 8. The van der Waals surface area contributed by atoms with Crippen LogP contribution >= 0.6 is 0 Å². The molecule has 0 radical (unpaired) electrons. The first-order valence-corrected chi connectivity index (χ1v) is 7.45. The third kappa shape index (κ3) is 3.58. The quantitative estimate of drug-likeness (QED) is 0.763. The number of hydrogen-bond acceptors (Lipinski definition) is 2. The normalized spacial score (nSPS) is 13.2. The van der Waals surface area contributed by atoms with Crippen LogP contribution in [0.5, 0.6) is 0 Å². The summed E-state index contributed by atoms with van der Waals surface area (Å²) < 4.78 is 2.15. The van der Waals surface area contributed by atoms with Gasteiger partial charge < -0.3 is 5.32 Å². The van der Waals surface area contributed by atoms with Gasteiger partial charge in [0.15, 0.2) is 0 Å². The van der Waals surface area contributed by atoms with Crippen molar-refractivity contribution in [1.29, 1.82) is 0 Å². The van der Waals surface area contributed by atoms with Crippen LogP contribution in [-0.2, 0) is 6.54 Å². The lowest BCUT2D eigenvalue weighted by Gasteiger charge is -2.27. The van der Waals surface area contributed by atoms with Gasteiger partial charge in [-0.2, -0.15) is 5.10 Å². The first kappa shape index (κ1) is 15.2. The molecule has 1 heterocycles. The van der Waals surface area contributed by atoms with Gasteiger partial charge in [-0.3, -0.25) is 4.68 Å². The fraction of sp³-hybridized carbons (Fsp3) is 0.800. The van der Waals surface area contributed by atoms with E-state index in [4.69, 9.17) is 0 Å². The Morgan fingerprint density at radius 1 is 1.22 bits per heavy atom. The third-order valence-electron chi connectivity index (χ3n) is 3.69. The molecule has 0 amide bonds. The average molecular weight is 251 g/mol. The van der Waals surface area contributed by atoms with Gasteiger partial charge in [0.1, 0.15) is 0 Å². The molecular formula is C15H29N3. The molecule has 1 aromatic rings. The van der Waals surface area contributed by atoms with Crippen molar-refractivity contribution in [3.8, 4) is 0 Å². The monoisotopic (exact) mass is 251 g/mol. The Kier molecular flexibility index (Phi) is 6.41. The number of aromatic nitrogens is 2. The van der Waals surface area contributed by atoms with Crippen molar-refractivity contribution in [2.24, 2.45) is 5.92 Å². The summed E-state index contributed by atoms with van der Waals surface area (Å²) >= 11 is 0. The summed E-state index contributed by atoms with van der Waals surface area (Å²) in [4.78, 5) is 0. The smallest absolute Gasteiger partial charge is 0.0597 e. The Labute approximate surface area is 112 Å². The van der Waals surface area contributed by atoms with E-state index in [1.54, 1.807) is 0 Å². The maximum absolute atomic E-state index is 4.59. The van der Waals surface area contributed by atoms with Crippen LogP contribution in [0.15, 0.2) is 6.07 Å². The molecule has 0 aromatic carbocycles. The summed E-state index contributed by atoms with van der Waals surface area (Å²) in [5.41, 5.74) is 2.48. The second kappa shape index (κ2) is 7.57. The van der Waals surface area contributed by atoms with E-state index in [1.807, 2.05) is 0 Å². The molecule has 0 aliphatic carbocycles. The van der Waals surface area contributed by atoms with E-state index in [-0.39, 0.29) is 0 Å². The van der Waals surface area contributed by atoms with Gasteiger partial charge in [-0.05, 0) is 38.8 Å². The number of aryl methyl sites for hydroxylation is 2. The fourth-order valence-electron chi connectivity index (χ4n) is 2.64. The van der Waals surface area contributed by atoms with Crippen LogP contribution in [0.2, 0.25) is 0 Å². The van der Waals surface area contributed by atoms with Crippen molar-refractivity contribution in [1.82, 2.24) is 15.1 Å². The number of hydrogen-bond donors (Lipinski definition) is 1. The second-order valence-corrected chi connectivity index (χ2v) is 5.03. The standard InChI is InChI=1S/C15H29N3/c1-6-10-16-15(13(7-2)8-3)14-11-12(5)17-18(14)9-4/h11,13,15-16H,6-10H2,1-5H3. The number of nitrogens with zero attached hydrogens (tertiary/aromatic N) is 2. The molecule has 1 atom stereocenters. The van der Waals surface area contributed by atoms with Crippen LogP contribution in [0, 0.1) is 12.8 Å². The minimum Gasteiger partial charge on any atom is -0.308 e. The molecule has 0 fully saturated rings. The van der Waals surface area contributed by atoms with E-state index >= 15 is 0 Å².